The molecule has 1 N–H and O–H groups in total. The smallest absolute Gasteiger partial charge is 0.240 e. The Morgan fingerprint density at radius 3 is 2.41 bits per heavy atom. The first-order chi connectivity index (χ1) is 14.1. The Labute approximate surface area is 170 Å². The topological polar surface area (TPSA) is 84.7 Å². The van der Waals surface area contributed by atoms with Gasteiger partial charge in [-0.2, -0.15) is 0 Å². The largest absolute Gasteiger partial charge is 0.436 e. The minimum absolute atomic E-state index is 0.220. The number of hydrogen-bond donors (Lipinski definition) is 1. The molecule has 1 fully saturated rings. The highest BCUT2D eigenvalue weighted by Gasteiger charge is 2.16. The average Bonchev–Trinajstić information content (AvgIpc) is 3.25. The fourth-order valence-electron chi connectivity index (χ4n) is 3.17. The third-order valence-corrected chi connectivity index (χ3v) is 6.28. The molecule has 3 aromatic rings. The molecule has 2 aromatic carbocycles. The van der Waals surface area contributed by atoms with Gasteiger partial charge in [0.25, 0.3) is 0 Å². The SMILES string of the molecule is O=S(=O)(NCCN1CCOCC1)c1ccc(-c2ncc(-c3ccccc3)o2)cc1. The van der Waals surface area contributed by atoms with Crippen molar-refractivity contribution in [2.24, 2.45) is 0 Å². The van der Waals surface area contributed by atoms with Crippen molar-refractivity contribution in [2.45, 2.75) is 4.90 Å². The number of aromatic nitrogens is 1. The number of morpholine rings is 1. The molecule has 152 valence electrons. The fraction of sp³-hybridized carbons (Fsp3) is 0.286. The molecule has 0 radical (unpaired) electrons. The minimum atomic E-state index is -3.56. The van der Waals surface area contributed by atoms with Gasteiger partial charge in [0.1, 0.15) is 0 Å². The lowest BCUT2D eigenvalue weighted by atomic mass is 10.2. The number of hydrogen-bond acceptors (Lipinski definition) is 6. The van der Waals surface area contributed by atoms with Gasteiger partial charge >= 0.3 is 0 Å². The van der Waals surface area contributed by atoms with E-state index in [0.29, 0.717) is 38.0 Å². The number of oxazole rings is 1. The Kier molecular flexibility index (Phi) is 6.05. The number of sulfonamides is 1. The Hall–Kier alpha value is -2.52. The highest BCUT2D eigenvalue weighted by Crippen LogP contribution is 2.26. The normalized spacial score (nSPS) is 15.4. The first-order valence-corrected chi connectivity index (χ1v) is 11.0. The van der Waals surface area contributed by atoms with E-state index in [1.807, 2.05) is 30.3 Å². The molecule has 0 bridgehead atoms. The Morgan fingerprint density at radius 1 is 0.966 bits per heavy atom. The fourth-order valence-corrected chi connectivity index (χ4v) is 4.19. The van der Waals surface area contributed by atoms with E-state index in [1.54, 1.807) is 30.5 Å². The van der Waals surface area contributed by atoms with Crippen LogP contribution in [0.5, 0.6) is 0 Å². The quantitative estimate of drug-likeness (QED) is 0.641. The standard InChI is InChI=1S/C21H23N3O4S/c25-29(26,23-10-11-24-12-14-27-15-13-24)19-8-6-18(7-9-19)21-22-16-20(28-21)17-4-2-1-3-5-17/h1-9,16,23H,10-15H2. The maximum absolute atomic E-state index is 12.5. The predicted octanol–water partition coefficient (Wildman–Crippen LogP) is 2.62. The number of benzene rings is 2. The average molecular weight is 413 g/mol. The second-order valence-electron chi connectivity index (χ2n) is 6.77. The van der Waals surface area contributed by atoms with E-state index in [2.05, 4.69) is 14.6 Å². The van der Waals surface area contributed by atoms with Crippen molar-refractivity contribution in [3.8, 4) is 22.8 Å². The van der Waals surface area contributed by atoms with Crippen LogP contribution in [0.2, 0.25) is 0 Å². The van der Waals surface area contributed by atoms with E-state index in [9.17, 15) is 8.42 Å². The van der Waals surface area contributed by atoms with Crippen LogP contribution in [0.15, 0.2) is 70.1 Å². The van der Waals surface area contributed by atoms with Gasteiger partial charge in [-0.25, -0.2) is 18.1 Å². The zero-order valence-electron chi connectivity index (χ0n) is 16.0. The third-order valence-electron chi connectivity index (χ3n) is 4.80. The Morgan fingerprint density at radius 2 is 1.69 bits per heavy atom. The van der Waals surface area contributed by atoms with Gasteiger partial charge in [-0.3, -0.25) is 4.90 Å². The van der Waals surface area contributed by atoms with Crippen LogP contribution in [0.1, 0.15) is 0 Å². The van der Waals surface area contributed by atoms with E-state index < -0.39 is 10.0 Å². The van der Waals surface area contributed by atoms with E-state index in [1.165, 1.54) is 0 Å². The van der Waals surface area contributed by atoms with Gasteiger partial charge in [0.15, 0.2) is 5.76 Å². The number of nitrogens with zero attached hydrogens (tertiary/aromatic N) is 2. The molecular formula is C21H23N3O4S. The molecule has 0 unspecified atom stereocenters. The van der Waals surface area contributed by atoms with E-state index in [0.717, 1.165) is 24.2 Å². The van der Waals surface area contributed by atoms with Crippen LogP contribution in [0.3, 0.4) is 0 Å². The molecule has 8 heteroatoms. The molecule has 1 saturated heterocycles. The summed E-state index contributed by atoms with van der Waals surface area (Å²) < 4.78 is 38.8. The van der Waals surface area contributed by atoms with E-state index in [4.69, 9.17) is 9.15 Å². The highest BCUT2D eigenvalue weighted by atomic mass is 32.2. The zero-order chi connectivity index (χ0) is 20.1. The summed E-state index contributed by atoms with van der Waals surface area (Å²) in [6, 6.07) is 16.2. The van der Waals surface area contributed by atoms with Crippen LogP contribution >= 0.6 is 0 Å². The van der Waals surface area contributed by atoms with E-state index in [-0.39, 0.29) is 4.90 Å². The molecule has 1 aromatic heterocycles. The van der Waals surface area contributed by atoms with Gasteiger partial charge in [-0.15, -0.1) is 0 Å². The Bertz CT molecular complexity index is 1030. The van der Waals surface area contributed by atoms with Gasteiger partial charge in [0.2, 0.25) is 15.9 Å². The van der Waals surface area contributed by atoms with Crippen LogP contribution in [0.4, 0.5) is 0 Å². The van der Waals surface area contributed by atoms with Crippen LogP contribution in [0, 0.1) is 0 Å². The maximum atomic E-state index is 12.5. The molecule has 0 aliphatic carbocycles. The maximum Gasteiger partial charge on any atom is 0.240 e. The summed E-state index contributed by atoms with van der Waals surface area (Å²) in [4.78, 5) is 6.71. The molecule has 4 rings (SSSR count). The molecule has 29 heavy (non-hydrogen) atoms. The highest BCUT2D eigenvalue weighted by molar-refractivity contribution is 7.89. The first kappa shape index (κ1) is 19.8. The van der Waals surface area contributed by atoms with Crippen LogP contribution in [-0.2, 0) is 14.8 Å². The van der Waals surface area contributed by atoms with Gasteiger partial charge in [-0.1, -0.05) is 30.3 Å². The van der Waals surface area contributed by atoms with Crippen molar-refractivity contribution < 1.29 is 17.6 Å². The summed E-state index contributed by atoms with van der Waals surface area (Å²) in [5, 5.41) is 0. The molecule has 1 aliphatic rings. The van der Waals surface area contributed by atoms with E-state index >= 15 is 0 Å². The molecule has 7 nitrogen and oxygen atoms in total. The van der Waals surface area contributed by atoms with Gasteiger partial charge in [-0.05, 0) is 24.3 Å². The summed E-state index contributed by atoms with van der Waals surface area (Å²) in [7, 11) is -3.56. The lowest BCUT2D eigenvalue weighted by molar-refractivity contribution is 0.0390. The predicted molar refractivity (Wildman–Crippen MR) is 110 cm³/mol. The van der Waals surface area contributed by atoms with Crippen molar-refractivity contribution in [3.63, 3.8) is 0 Å². The molecular weight excluding hydrogens is 390 g/mol. The third kappa shape index (κ3) is 4.91. The lowest BCUT2D eigenvalue weighted by Crippen LogP contribution is -2.41. The van der Waals surface area contributed by atoms with Crippen molar-refractivity contribution in [1.82, 2.24) is 14.6 Å². The summed E-state index contributed by atoms with van der Waals surface area (Å²) in [6.07, 6.45) is 1.67. The summed E-state index contributed by atoms with van der Waals surface area (Å²) in [5.74, 6) is 1.12. The molecule has 0 amide bonds. The van der Waals surface area contributed by atoms with Crippen LogP contribution in [0.25, 0.3) is 22.8 Å². The molecule has 0 spiro atoms. The van der Waals surface area contributed by atoms with Crippen molar-refractivity contribution in [2.75, 3.05) is 39.4 Å². The number of ether oxygens (including phenoxy) is 1. The number of rotatable bonds is 7. The second-order valence-corrected chi connectivity index (χ2v) is 8.54. The van der Waals surface area contributed by atoms with Crippen molar-refractivity contribution >= 4 is 10.0 Å². The molecule has 1 aliphatic heterocycles. The number of nitrogens with one attached hydrogen (secondary N) is 1. The zero-order valence-corrected chi connectivity index (χ0v) is 16.8. The van der Waals surface area contributed by atoms with Gasteiger partial charge in [0.05, 0.1) is 24.3 Å². The second kappa shape index (κ2) is 8.87. The molecule has 0 atom stereocenters. The van der Waals surface area contributed by atoms with Crippen molar-refractivity contribution in [3.05, 3.63) is 60.8 Å². The van der Waals surface area contributed by atoms with Crippen LogP contribution < -0.4 is 4.72 Å². The summed E-state index contributed by atoms with van der Waals surface area (Å²) in [5.41, 5.74) is 1.66. The molecule has 2 heterocycles. The summed E-state index contributed by atoms with van der Waals surface area (Å²) in [6.45, 7) is 4.08. The van der Waals surface area contributed by atoms with Crippen molar-refractivity contribution in [1.29, 1.82) is 0 Å². The molecule has 0 saturated carbocycles. The van der Waals surface area contributed by atoms with Gasteiger partial charge < -0.3 is 9.15 Å². The lowest BCUT2D eigenvalue weighted by Gasteiger charge is -2.26. The first-order valence-electron chi connectivity index (χ1n) is 9.53. The van der Waals surface area contributed by atoms with Gasteiger partial charge in [0, 0.05) is 37.3 Å². The Balaban J connectivity index is 1.40. The van der Waals surface area contributed by atoms with Crippen LogP contribution in [-0.4, -0.2) is 57.7 Å². The summed E-state index contributed by atoms with van der Waals surface area (Å²) >= 11 is 0. The monoisotopic (exact) mass is 413 g/mol. The minimum Gasteiger partial charge on any atom is -0.436 e.